The van der Waals surface area contributed by atoms with Gasteiger partial charge in [0, 0.05) is 17.8 Å². The van der Waals surface area contributed by atoms with Crippen LogP contribution in [-0.2, 0) is 6.54 Å². The first-order chi connectivity index (χ1) is 16.8. The number of aliphatic hydroxyl groups excluding tert-OH is 1. The Hall–Kier alpha value is -3.52. The molecule has 3 atom stereocenters. The van der Waals surface area contributed by atoms with Gasteiger partial charge in [-0.15, -0.1) is 0 Å². The van der Waals surface area contributed by atoms with Crippen molar-refractivity contribution in [3.63, 3.8) is 0 Å². The highest BCUT2D eigenvalue weighted by atomic mass is 19.1. The van der Waals surface area contributed by atoms with Gasteiger partial charge in [0.15, 0.2) is 0 Å². The average Bonchev–Trinajstić information content (AvgIpc) is 3.31. The van der Waals surface area contributed by atoms with Gasteiger partial charge in [0.2, 0.25) is 0 Å². The highest BCUT2D eigenvalue weighted by molar-refractivity contribution is 5.62. The van der Waals surface area contributed by atoms with Crippen LogP contribution in [0.4, 0.5) is 8.78 Å². The first-order valence-electron chi connectivity index (χ1n) is 11.8. The minimum Gasteiger partial charge on any atom is -0.391 e. The van der Waals surface area contributed by atoms with E-state index >= 15 is 0 Å². The van der Waals surface area contributed by atoms with Crippen molar-refractivity contribution in [3.8, 4) is 22.6 Å². The number of benzene rings is 1. The highest BCUT2D eigenvalue weighted by Gasteiger charge is 2.23. The number of rotatable bonds is 8. The third kappa shape index (κ3) is 5.27. The van der Waals surface area contributed by atoms with Gasteiger partial charge in [-0.2, -0.15) is 15.3 Å². The number of aliphatic hydroxyl groups is 1. The van der Waals surface area contributed by atoms with Crippen LogP contribution in [0.15, 0.2) is 54.7 Å². The normalized spacial score (nSPS) is 14.0. The summed E-state index contributed by atoms with van der Waals surface area (Å²) in [5.74, 6) is -1.43. The van der Waals surface area contributed by atoms with Crippen molar-refractivity contribution in [2.75, 3.05) is 0 Å². The minimum atomic E-state index is -0.667. The molecule has 8 heteroatoms. The van der Waals surface area contributed by atoms with E-state index in [1.54, 1.807) is 17.7 Å². The van der Waals surface area contributed by atoms with Gasteiger partial charge in [-0.25, -0.2) is 8.78 Å². The lowest BCUT2D eigenvalue weighted by Gasteiger charge is -2.19. The molecule has 4 rings (SSSR count). The fourth-order valence-electron chi connectivity index (χ4n) is 4.08. The van der Waals surface area contributed by atoms with Crippen LogP contribution in [0.2, 0.25) is 0 Å². The number of nitrogens with zero attached hydrogens (tertiary/aromatic N) is 5. The molecule has 0 radical (unpaired) electrons. The van der Waals surface area contributed by atoms with Crippen molar-refractivity contribution in [1.29, 1.82) is 0 Å². The van der Waals surface area contributed by atoms with E-state index in [2.05, 4.69) is 29.1 Å². The molecule has 0 saturated carbocycles. The standard InChI is InChI=1S/C27H29F2N5O/c1-5-16(2)19-14-25(26-20(28)8-6-9-21(26)29)31-32-27(19)18(4)22-10-7-11-23(30-22)24-12-13-34(33-24)15-17(3)35/h6-14,16-18,35H,5,15H2,1-4H3/t16-,17+,18?/m0/s1. The molecule has 3 heterocycles. The molecule has 0 fully saturated rings. The van der Waals surface area contributed by atoms with Crippen molar-refractivity contribution in [1.82, 2.24) is 25.0 Å². The third-order valence-electron chi connectivity index (χ3n) is 6.19. The Labute approximate surface area is 203 Å². The Morgan fingerprint density at radius 1 is 0.914 bits per heavy atom. The molecular formula is C27H29F2N5O. The largest absolute Gasteiger partial charge is 0.391 e. The fourth-order valence-corrected chi connectivity index (χ4v) is 4.08. The SMILES string of the molecule is CC[C@H](C)c1cc(-c2c(F)cccc2F)nnc1C(C)c1cccc(-c2ccn(C[C@@H](C)O)n2)n1. The number of hydrogen-bond acceptors (Lipinski definition) is 5. The van der Waals surface area contributed by atoms with Gasteiger partial charge in [-0.3, -0.25) is 9.67 Å². The molecular weight excluding hydrogens is 448 g/mol. The second-order valence-corrected chi connectivity index (χ2v) is 8.92. The van der Waals surface area contributed by atoms with E-state index in [1.165, 1.54) is 18.2 Å². The van der Waals surface area contributed by atoms with Gasteiger partial charge in [-0.1, -0.05) is 32.9 Å². The predicted molar refractivity (Wildman–Crippen MR) is 131 cm³/mol. The van der Waals surface area contributed by atoms with Crippen LogP contribution < -0.4 is 0 Å². The second-order valence-electron chi connectivity index (χ2n) is 8.92. The van der Waals surface area contributed by atoms with Gasteiger partial charge in [0.05, 0.1) is 35.3 Å². The summed E-state index contributed by atoms with van der Waals surface area (Å²) >= 11 is 0. The van der Waals surface area contributed by atoms with E-state index in [0.29, 0.717) is 17.9 Å². The summed E-state index contributed by atoms with van der Waals surface area (Å²) in [5, 5.41) is 22.8. The Morgan fingerprint density at radius 2 is 1.63 bits per heavy atom. The number of pyridine rings is 1. The Balaban J connectivity index is 1.72. The molecule has 0 aliphatic heterocycles. The molecule has 0 aliphatic rings. The molecule has 0 bridgehead atoms. The molecule has 0 aliphatic carbocycles. The van der Waals surface area contributed by atoms with Crippen molar-refractivity contribution >= 4 is 0 Å². The van der Waals surface area contributed by atoms with E-state index < -0.39 is 17.7 Å². The lowest BCUT2D eigenvalue weighted by Crippen LogP contribution is -2.12. The molecule has 0 spiro atoms. The zero-order chi connectivity index (χ0) is 25.1. The van der Waals surface area contributed by atoms with Crippen molar-refractivity contribution in [2.24, 2.45) is 0 Å². The molecule has 3 aromatic heterocycles. The van der Waals surface area contributed by atoms with E-state index in [1.807, 2.05) is 37.4 Å². The van der Waals surface area contributed by atoms with E-state index in [0.717, 1.165) is 23.4 Å². The molecule has 182 valence electrons. The zero-order valence-corrected chi connectivity index (χ0v) is 20.3. The summed E-state index contributed by atoms with van der Waals surface area (Å²) in [4.78, 5) is 4.82. The smallest absolute Gasteiger partial charge is 0.135 e. The predicted octanol–water partition coefficient (Wildman–Crippen LogP) is 5.73. The molecule has 0 amide bonds. The lowest BCUT2D eigenvalue weighted by molar-refractivity contribution is 0.168. The molecule has 1 aromatic carbocycles. The lowest BCUT2D eigenvalue weighted by atomic mass is 9.89. The third-order valence-corrected chi connectivity index (χ3v) is 6.19. The van der Waals surface area contributed by atoms with Crippen molar-refractivity contribution < 1.29 is 13.9 Å². The fraction of sp³-hybridized carbons (Fsp3) is 0.333. The van der Waals surface area contributed by atoms with E-state index in [9.17, 15) is 13.9 Å². The molecule has 1 N–H and O–H groups in total. The summed E-state index contributed by atoms with van der Waals surface area (Å²) < 4.78 is 30.5. The Morgan fingerprint density at radius 3 is 2.31 bits per heavy atom. The van der Waals surface area contributed by atoms with Gasteiger partial charge in [0.1, 0.15) is 17.3 Å². The molecule has 4 aromatic rings. The Bertz CT molecular complexity index is 1300. The number of hydrogen-bond donors (Lipinski definition) is 1. The summed E-state index contributed by atoms with van der Waals surface area (Å²) in [6.45, 7) is 8.23. The van der Waals surface area contributed by atoms with Crippen LogP contribution in [0.25, 0.3) is 22.6 Å². The van der Waals surface area contributed by atoms with E-state index in [4.69, 9.17) is 4.98 Å². The van der Waals surface area contributed by atoms with Crippen LogP contribution in [0, 0.1) is 11.6 Å². The minimum absolute atomic E-state index is 0.107. The van der Waals surface area contributed by atoms with Crippen molar-refractivity contribution in [3.05, 3.63) is 83.3 Å². The van der Waals surface area contributed by atoms with Crippen LogP contribution in [0.1, 0.15) is 62.9 Å². The molecule has 35 heavy (non-hydrogen) atoms. The van der Waals surface area contributed by atoms with Gasteiger partial charge in [0.25, 0.3) is 0 Å². The molecule has 1 unspecified atom stereocenters. The van der Waals surface area contributed by atoms with Gasteiger partial charge < -0.3 is 5.11 Å². The maximum Gasteiger partial charge on any atom is 0.135 e. The first kappa shape index (κ1) is 24.6. The summed E-state index contributed by atoms with van der Waals surface area (Å²) in [5.41, 5.74) is 3.83. The van der Waals surface area contributed by atoms with Crippen molar-refractivity contribution in [2.45, 2.75) is 58.6 Å². The molecule has 0 saturated heterocycles. The van der Waals surface area contributed by atoms with E-state index in [-0.39, 0.29) is 23.1 Å². The number of aromatic nitrogens is 5. The summed E-state index contributed by atoms with van der Waals surface area (Å²) in [7, 11) is 0. The average molecular weight is 478 g/mol. The van der Waals surface area contributed by atoms with Crippen LogP contribution in [-0.4, -0.2) is 36.2 Å². The Kier molecular flexibility index (Phi) is 7.31. The highest BCUT2D eigenvalue weighted by Crippen LogP contribution is 2.34. The zero-order valence-electron chi connectivity index (χ0n) is 20.3. The first-order valence-corrected chi connectivity index (χ1v) is 11.8. The monoisotopic (exact) mass is 477 g/mol. The maximum absolute atomic E-state index is 14.4. The van der Waals surface area contributed by atoms with Crippen LogP contribution >= 0.6 is 0 Å². The quantitative estimate of drug-likeness (QED) is 0.351. The summed E-state index contributed by atoms with van der Waals surface area (Å²) in [6, 6.07) is 13.1. The topological polar surface area (TPSA) is 76.7 Å². The van der Waals surface area contributed by atoms with Gasteiger partial charge >= 0.3 is 0 Å². The van der Waals surface area contributed by atoms with Crippen LogP contribution in [0.5, 0.6) is 0 Å². The second kappa shape index (κ2) is 10.4. The molecule has 6 nitrogen and oxygen atoms in total. The van der Waals surface area contributed by atoms with Crippen LogP contribution in [0.3, 0.4) is 0 Å². The summed E-state index contributed by atoms with van der Waals surface area (Å²) in [6.07, 6.45) is 2.14. The van der Waals surface area contributed by atoms with Gasteiger partial charge in [-0.05, 0) is 61.2 Å². The number of halogens is 2. The maximum atomic E-state index is 14.4.